The predicted molar refractivity (Wildman–Crippen MR) is 107 cm³/mol. The minimum Gasteiger partial charge on any atom is -0.493 e. The first-order chi connectivity index (χ1) is 13.8. The molecule has 29 heavy (non-hydrogen) atoms. The Morgan fingerprint density at radius 1 is 1.17 bits per heavy atom. The number of methoxy groups -OCH3 is 1. The first-order valence-electron chi connectivity index (χ1n) is 9.45. The molecule has 1 amide bonds. The molecule has 1 aliphatic carbocycles. The topological polar surface area (TPSA) is 72.9 Å². The summed E-state index contributed by atoms with van der Waals surface area (Å²) in [5.74, 6) is -0.107. The summed E-state index contributed by atoms with van der Waals surface area (Å²) in [4.78, 5) is 14.6. The molecule has 6 nitrogen and oxygen atoms in total. The van der Waals surface area contributed by atoms with E-state index in [0.29, 0.717) is 18.0 Å². The van der Waals surface area contributed by atoms with Gasteiger partial charge in [0, 0.05) is 18.7 Å². The fourth-order valence-corrected chi connectivity index (χ4v) is 3.46. The Balaban J connectivity index is 1.86. The number of hydrogen-bond donors (Lipinski definition) is 0. The molecule has 0 aromatic heterocycles. The quantitative estimate of drug-likeness (QED) is 0.579. The summed E-state index contributed by atoms with van der Waals surface area (Å²) in [5, 5.41) is 0. The number of halogens is 1. The molecule has 1 fully saturated rings. The van der Waals surface area contributed by atoms with E-state index in [9.17, 15) is 17.6 Å². The molecule has 1 aliphatic rings. The number of nitrogens with zero attached hydrogens (tertiary/aromatic N) is 1. The molecule has 0 aliphatic heterocycles. The number of carbonyl (C=O) groups is 1. The zero-order valence-corrected chi connectivity index (χ0v) is 17.2. The van der Waals surface area contributed by atoms with E-state index in [2.05, 4.69) is 0 Å². The number of benzene rings is 2. The van der Waals surface area contributed by atoms with Gasteiger partial charge in [0.05, 0.1) is 12.9 Å². The van der Waals surface area contributed by atoms with E-state index in [1.807, 2.05) is 0 Å². The summed E-state index contributed by atoms with van der Waals surface area (Å²) < 4.78 is 47.6. The van der Waals surface area contributed by atoms with Crippen LogP contribution in [0.1, 0.15) is 35.7 Å². The third-order valence-corrected chi connectivity index (χ3v) is 5.85. The molecule has 0 unspecified atom stereocenters. The van der Waals surface area contributed by atoms with Crippen LogP contribution >= 0.6 is 0 Å². The van der Waals surface area contributed by atoms with E-state index in [4.69, 9.17) is 8.92 Å². The summed E-state index contributed by atoms with van der Waals surface area (Å²) in [7, 11) is -2.30. The Morgan fingerprint density at radius 3 is 2.55 bits per heavy atom. The van der Waals surface area contributed by atoms with Crippen molar-refractivity contribution in [3.63, 3.8) is 0 Å². The second kappa shape index (κ2) is 8.82. The molecule has 0 atom stereocenters. The Bertz CT molecular complexity index is 988. The summed E-state index contributed by atoms with van der Waals surface area (Å²) in [6, 6.07) is 10.5. The average Bonchev–Trinajstić information content (AvgIpc) is 3.51. The second-order valence-corrected chi connectivity index (χ2v) is 8.91. The van der Waals surface area contributed by atoms with Crippen molar-refractivity contribution < 1.29 is 26.5 Å². The molecule has 2 aromatic rings. The lowest BCUT2D eigenvalue weighted by Gasteiger charge is -2.23. The van der Waals surface area contributed by atoms with Crippen LogP contribution in [0, 0.1) is 11.7 Å². The van der Waals surface area contributed by atoms with E-state index in [0.717, 1.165) is 12.8 Å². The Hall–Kier alpha value is -2.61. The summed E-state index contributed by atoms with van der Waals surface area (Å²) in [6.45, 7) is 2.30. The summed E-state index contributed by atoms with van der Waals surface area (Å²) >= 11 is 0. The summed E-state index contributed by atoms with van der Waals surface area (Å²) in [5.41, 5.74) is 0.974. The fourth-order valence-electron chi connectivity index (χ4n) is 2.94. The zero-order valence-electron chi connectivity index (χ0n) is 16.4. The molecule has 3 rings (SSSR count). The number of amides is 1. The maximum Gasteiger partial charge on any atom is 0.309 e. The van der Waals surface area contributed by atoms with Crippen molar-refractivity contribution >= 4 is 16.0 Å². The van der Waals surface area contributed by atoms with Gasteiger partial charge < -0.3 is 13.8 Å². The van der Waals surface area contributed by atoms with Crippen molar-refractivity contribution in [2.24, 2.45) is 5.92 Å². The van der Waals surface area contributed by atoms with Gasteiger partial charge in [-0.3, -0.25) is 4.79 Å². The van der Waals surface area contributed by atoms with Gasteiger partial charge in [-0.05, 0) is 61.6 Å². The monoisotopic (exact) mass is 421 g/mol. The van der Waals surface area contributed by atoms with Crippen molar-refractivity contribution in [1.82, 2.24) is 4.90 Å². The maximum absolute atomic E-state index is 13.6. The van der Waals surface area contributed by atoms with Gasteiger partial charge >= 0.3 is 10.1 Å². The third-order valence-electron chi connectivity index (χ3n) is 4.71. The lowest BCUT2D eigenvalue weighted by molar-refractivity contribution is 0.0734. The lowest BCUT2D eigenvalue weighted by Crippen LogP contribution is -2.32. The van der Waals surface area contributed by atoms with Gasteiger partial charge in [-0.1, -0.05) is 12.1 Å². The van der Waals surface area contributed by atoms with Gasteiger partial charge in [-0.25, -0.2) is 4.39 Å². The maximum atomic E-state index is 13.6. The van der Waals surface area contributed by atoms with Gasteiger partial charge in [0.25, 0.3) is 5.91 Å². The minimum atomic E-state index is -3.73. The van der Waals surface area contributed by atoms with Crippen molar-refractivity contribution in [3.8, 4) is 11.5 Å². The van der Waals surface area contributed by atoms with Crippen LogP contribution in [0.2, 0.25) is 0 Å². The van der Waals surface area contributed by atoms with E-state index in [1.54, 1.807) is 29.2 Å². The molecular formula is C21H24FNO5S. The fraction of sp³-hybridized carbons (Fsp3) is 0.381. The SMILES string of the molecule is CCS(=O)(=O)Oc1cc(CN(CC2CC2)C(=O)c2cccc(F)c2)ccc1OC. The Labute approximate surface area is 170 Å². The second-order valence-electron chi connectivity index (χ2n) is 7.05. The van der Waals surface area contributed by atoms with Crippen LogP contribution in [0.5, 0.6) is 11.5 Å². The molecule has 0 spiro atoms. The van der Waals surface area contributed by atoms with Crippen molar-refractivity contribution in [2.45, 2.75) is 26.3 Å². The van der Waals surface area contributed by atoms with Crippen LogP contribution in [0.25, 0.3) is 0 Å². The molecule has 0 saturated heterocycles. The third kappa shape index (κ3) is 5.69. The number of carbonyl (C=O) groups excluding carboxylic acids is 1. The highest BCUT2D eigenvalue weighted by Crippen LogP contribution is 2.33. The van der Waals surface area contributed by atoms with E-state index >= 15 is 0 Å². The largest absolute Gasteiger partial charge is 0.493 e. The van der Waals surface area contributed by atoms with Crippen LogP contribution in [-0.4, -0.2) is 38.6 Å². The Kier molecular flexibility index (Phi) is 6.42. The summed E-state index contributed by atoms with van der Waals surface area (Å²) in [6.07, 6.45) is 2.11. The first kappa shape index (κ1) is 21.1. The molecule has 0 radical (unpaired) electrons. The minimum absolute atomic E-state index is 0.0800. The average molecular weight is 421 g/mol. The highest BCUT2D eigenvalue weighted by Gasteiger charge is 2.28. The standard InChI is InChI=1S/C21H24FNO5S/c1-3-29(25,26)28-20-11-16(9-10-19(20)27-2)14-23(13-15-7-8-15)21(24)17-5-4-6-18(22)12-17/h4-6,9-12,15H,3,7-8,13-14H2,1-2H3. The number of ether oxygens (including phenoxy) is 1. The number of hydrogen-bond acceptors (Lipinski definition) is 5. The van der Waals surface area contributed by atoms with E-state index in [1.165, 1.54) is 32.2 Å². The molecule has 156 valence electrons. The van der Waals surface area contributed by atoms with Gasteiger partial charge in [0.2, 0.25) is 0 Å². The molecule has 0 heterocycles. The smallest absolute Gasteiger partial charge is 0.309 e. The van der Waals surface area contributed by atoms with Gasteiger partial charge in [-0.15, -0.1) is 0 Å². The molecule has 8 heteroatoms. The molecule has 0 bridgehead atoms. The van der Waals surface area contributed by atoms with E-state index in [-0.39, 0.29) is 35.3 Å². The molecule has 0 N–H and O–H groups in total. The first-order valence-corrected chi connectivity index (χ1v) is 11.0. The van der Waals surface area contributed by atoms with Gasteiger partial charge in [0.15, 0.2) is 11.5 Å². The van der Waals surface area contributed by atoms with Crippen LogP contribution in [0.4, 0.5) is 4.39 Å². The number of rotatable bonds is 9. The van der Waals surface area contributed by atoms with E-state index < -0.39 is 15.9 Å². The normalized spacial score (nSPS) is 13.8. The van der Waals surface area contributed by atoms with Crippen LogP contribution in [0.15, 0.2) is 42.5 Å². The van der Waals surface area contributed by atoms with Crippen molar-refractivity contribution in [2.75, 3.05) is 19.4 Å². The van der Waals surface area contributed by atoms with Crippen molar-refractivity contribution in [3.05, 3.63) is 59.4 Å². The molecule has 1 saturated carbocycles. The lowest BCUT2D eigenvalue weighted by atomic mass is 10.1. The highest BCUT2D eigenvalue weighted by atomic mass is 32.2. The van der Waals surface area contributed by atoms with Gasteiger partial charge in [0.1, 0.15) is 5.82 Å². The predicted octanol–water partition coefficient (Wildman–Crippen LogP) is 3.62. The van der Waals surface area contributed by atoms with Crippen LogP contribution < -0.4 is 8.92 Å². The Morgan fingerprint density at radius 2 is 1.93 bits per heavy atom. The molecule has 2 aromatic carbocycles. The van der Waals surface area contributed by atoms with Crippen LogP contribution in [0.3, 0.4) is 0 Å². The van der Waals surface area contributed by atoms with Crippen molar-refractivity contribution in [1.29, 1.82) is 0 Å². The van der Waals surface area contributed by atoms with Gasteiger partial charge in [-0.2, -0.15) is 8.42 Å². The van der Waals surface area contributed by atoms with Crippen LogP contribution in [-0.2, 0) is 16.7 Å². The zero-order chi connectivity index (χ0) is 21.0. The molecular weight excluding hydrogens is 397 g/mol. The highest BCUT2D eigenvalue weighted by molar-refractivity contribution is 7.87.